The van der Waals surface area contributed by atoms with Crippen molar-refractivity contribution in [2.75, 3.05) is 13.1 Å². The fourth-order valence-electron chi connectivity index (χ4n) is 3.90. The highest BCUT2D eigenvalue weighted by Crippen LogP contribution is 2.26. The first-order valence-electron chi connectivity index (χ1n) is 10.3. The molecule has 4 rings (SSSR count). The highest BCUT2D eigenvalue weighted by Gasteiger charge is 2.32. The van der Waals surface area contributed by atoms with Gasteiger partial charge in [-0.3, -0.25) is 14.9 Å². The number of hydrogen-bond donors (Lipinski definition) is 1. The molecule has 1 fully saturated rings. The second kappa shape index (κ2) is 9.05. The number of carbonyl (C=O) groups is 1. The Morgan fingerprint density at radius 1 is 1.00 bits per heavy atom. The SMILES string of the molecule is O=C(NCc1ccc([N+](=O)[O-])cc1)C1CCN(S(=O)(=O)c2ccc3ccccc3c2)CC1. The number of fused-ring (bicyclic) bond motifs is 1. The molecule has 166 valence electrons. The molecule has 0 spiro atoms. The predicted molar refractivity (Wildman–Crippen MR) is 120 cm³/mol. The van der Waals surface area contributed by atoms with Crippen LogP contribution in [0.2, 0.25) is 0 Å². The molecule has 0 bridgehead atoms. The molecule has 3 aromatic rings. The van der Waals surface area contributed by atoms with E-state index in [1.807, 2.05) is 24.3 Å². The highest BCUT2D eigenvalue weighted by atomic mass is 32.2. The first kappa shape index (κ1) is 21.9. The summed E-state index contributed by atoms with van der Waals surface area (Å²) in [5.41, 5.74) is 0.764. The predicted octanol–water partition coefficient (Wildman–Crippen LogP) is 3.47. The molecular formula is C23H23N3O5S. The van der Waals surface area contributed by atoms with E-state index < -0.39 is 14.9 Å². The van der Waals surface area contributed by atoms with Gasteiger partial charge in [-0.2, -0.15) is 4.31 Å². The van der Waals surface area contributed by atoms with E-state index in [9.17, 15) is 23.3 Å². The number of non-ortho nitro benzene ring substituents is 1. The minimum absolute atomic E-state index is 0.0000661. The first-order chi connectivity index (χ1) is 15.3. The minimum atomic E-state index is -3.62. The Morgan fingerprint density at radius 3 is 2.31 bits per heavy atom. The van der Waals surface area contributed by atoms with Gasteiger partial charge in [-0.15, -0.1) is 0 Å². The molecule has 0 aromatic heterocycles. The first-order valence-corrected chi connectivity index (χ1v) is 11.8. The number of nitro groups is 1. The Labute approximate surface area is 186 Å². The molecule has 9 heteroatoms. The molecule has 1 saturated heterocycles. The van der Waals surface area contributed by atoms with Crippen LogP contribution in [0.25, 0.3) is 10.8 Å². The van der Waals surface area contributed by atoms with Gasteiger partial charge in [0.1, 0.15) is 0 Å². The standard InChI is InChI=1S/C23H23N3O5S/c27-23(24-16-17-5-8-21(9-6-17)26(28)29)19-11-13-25(14-12-19)32(30,31)22-10-7-18-3-1-2-4-20(18)15-22/h1-10,15,19H,11-14,16H2,(H,24,27). The summed E-state index contributed by atoms with van der Waals surface area (Å²) in [7, 11) is -3.62. The summed E-state index contributed by atoms with van der Waals surface area (Å²) in [5.74, 6) is -0.401. The van der Waals surface area contributed by atoms with Crippen LogP contribution in [0.1, 0.15) is 18.4 Å². The van der Waals surface area contributed by atoms with Crippen LogP contribution in [0.4, 0.5) is 5.69 Å². The third kappa shape index (κ3) is 4.63. The Bertz CT molecular complexity index is 1250. The number of nitro benzene ring substituents is 1. The average molecular weight is 454 g/mol. The number of nitrogens with zero attached hydrogens (tertiary/aromatic N) is 2. The molecule has 1 amide bonds. The number of carbonyl (C=O) groups excluding carboxylic acids is 1. The van der Waals surface area contributed by atoms with E-state index in [4.69, 9.17) is 0 Å². The van der Waals surface area contributed by atoms with E-state index in [1.165, 1.54) is 16.4 Å². The summed E-state index contributed by atoms with van der Waals surface area (Å²) in [5, 5.41) is 15.4. The normalized spacial score (nSPS) is 15.5. The van der Waals surface area contributed by atoms with E-state index in [0.29, 0.717) is 12.8 Å². The second-order valence-corrected chi connectivity index (χ2v) is 9.77. The lowest BCUT2D eigenvalue weighted by atomic mass is 9.97. The lowest BCUT2D eigenvalue weighted by Crippen LogP contribution is -2.42. The summed E-state index contributed by atoms with van der Waals surface area (Å²) in [6.07, 6.45) is 0.887. The smallest absolute Gasteiger partial charge is 0.269 e. The maximum Gasteiger partial charge on any atom is 0.269 e. The van der Waals surface area contributed by atoms with Crippen molar-refractivity contribution in [3.05, 3.63) is 82.4 Å². The van der Waals surface area contributed by atoms with E-state index in [0.717, 1.165) is 16.3 Å². The zero-order chi connectivity index (χ0) is 22.7. The third-order valence-corrected chi connectivity index (χ3v) is 7.69. The molecule has 3 aromatic carbocycles. The van der Waals surface area contributed by atoms with Crippen LogP contribution in [-0.4, -0.2) is 36.6 Å². The number of benzene rings is 3. The summed E-state index contributed by atoms with van der Waals surface area (Å²) in [4.78, 5) is 23.0. The van der Waals surface area contributed by atoms with Gasteiger partial charge in [0.2, 0.25) is 15.9 Å². The molecule has 0 atom stereocenters. The Balaban J connectivity index is 1.34. The maximum atomic E-state index is 13.1. The van der Waals surface area contributed by atoms with Crippen molar-refractivity contribution in [1.82, 2.24) is 9.62 Å². The summed E-state index contributed by atoms with van der Waals surface area (Å²) in [6.45, 7) is 0.835. The molecule has 1 aliphatic rings. The van der Waals surface area contributed by atoms with Gasteiger partial charge < -0.3 is 5.32 Å². The minimum Gasteiger partial charge on any atom is -0.352 e. The molecule has 0 unspecified atom stereocenters. The summed E-state index contributed by atoms with van der Waals surface area (Å²) >= 11 is 0. The van der Waals surface area contributed by atoms with Crippen LogP contribution < -0.4 is 5.32 Å². The molecule has 0 saturated carbocycles. The van der Waals surface area contributed by atoms with Gasteiger partial charge in [0, 0.05) is 37.7 Å². The van der Waals surface area contributed by atoms with Gasteiger partial charge in [-0.25, -0.2) is 8.42 Å². The maximum absolute atomic E-state index is 13.1. The van der Waals surface area contributed by atoms with Gasteiger partial charge in [-0.05, 0) is 41.3 Å². The number of nitrogens with one attached hydrogen (secondary N) is 1. The molecule has 1 aliphatic heterocycles. The molecule has 32 heavy (non-hydrogen) atoms. The molecular weight excluding hydrogens is 430 g/mol. The molecule has 1 heterocycles. The van der Waals surface area contributed by atoms with Crippen molar-refractivity contribution < 1.29 is 18.1 Å². The van der Waals surface area contributed by atoms with Gasteiger partial charge in [-0.1, -0.05) is 42.5 Å². The van der Waals surface area contributed by atoms with Gasteiger partial charge in [0.25, 0.3) is 5.69 Å². The van der Waals surface area contributed by atoms with Gasteiger partial charge >= 0.3 is 0 Å². The Morgan fingerprint density at radius 2 is 1.66 bits per heavy atom. The fourth-order valence-corrected chi connectivity index (χ4v) is 5.41. The van der Waals surface area contributed by atoms with Crippen molar-refractivity contribution >= 4 is 32.4 Å². The van der Waals surface area contributed by atoms with E-state index in [-0.39, 0.29) is 42.0 Å². The molecule has 8 nitrogen and oxygen atoms in total. The summed E-state index contributed by atoms with van der Waals surface area (Å²) < 4.78 is 27.6. The van der Waals surface area contributed by atoms with Crippen LogP contribution in [-0.2, 0) is 21.4 Å². The topological polar surface area (TPSA) is 110 Å². The van der Waals surface area contributed by atoms with E-state index >= 15 is 0 Å². The number of amides is 1. The van der Waals surface area contributed by atoms with Gasteiger partial charge in [0.15, 0.2) is 0 Å². The van der Waals surface area contributed by atoms with Crippen LogP contribution in [0.5, 0.6) is 0 Å². The van der Waals surface area contributed by atoms with Crippen molar-refractivity contribution in [3.8, 4) is 0 Å². The number of piperidine rings is 1. The number of hydrogen-bond acceptors (Lipinski definition) is 5. The number of sulfonamides is 1. The van der Waals surface area contributed by atoms with Gasteiger partial charge in [0.05, 0.1) is 9.82 Å². The highest BCUT2D eigenvalue weighted by molar-refractivity contribution is 7.89. The molecule has 0 radical (unpaired) electrons. The van der Waals surface area contributed by atoms with Crippen LogP contribution >= 0.6 is 0 Å². The Hall–Kier alpha value is -3.30. The quantitative estimate of drug-likeness (QED) is 0.454. The van der Waals surface area contributed by atoms with Crippen molar-refractivity contribution in [3.63, 3.8) is 0 Å². The Kier molecular flexibility index (Phi) is 6.20. The third-order valence-electron chi connectivity index (χ3n) is 5.80. The lowest BCUT2D eigenvalue weighted by molar-refractivity contribution is -0.384. The zero-order valence-corrected chi connectivity index (χ0v) is 18.1. The summed E-state index contributed by atoms with van der Waals surface area (Å²) in [6, 6.07) is 18.7. The van der Waals surface area contributed by atoms with Crippen molar-refractivity contribution in [2.24, 2.45) is 5.92 Å². The monoisotopic (exact) mass is 453 g/mol. The fraction of sp³-hybridized carbons (Fsp3) is 0.261. The van der Waals surface area contributed by atoms with E-state index in [2.05, 4.69) is 5.32 Å². The van der Waals surface area contributed by atoms with Crippen molar-refractivity contribution in [1.29, 1.82) is 0 Å². The van der Waals surface area contributed by atoms with Crippen LogP contribution in [0.3, 0.4) is 0 Å². The largest absolute Gasteiger partial charge is 0.352 e. The van der Waals surface area contributed by atoms with Crippen LogP contribution in [0.15, 0.2) is 71.6 Å². The molecule has 0 aliphatic carbocycles. The average Bonchev–Trinajstić information content (AvgIpc) is 2.82. The van der Waals surface area contributed by atoms with E-state index in [1.54, 1.807) is 30.3 Å². The lowest BCUT2D eigenvalue weighted by Gasteiger charge is -2.30. The zero-order valence-electron chi connectivity index (χ0n) is 17.3. The van der Waals surface area contributed by atoms with Crippen LogP contribution in [0, 0.1) is 16.0 Å². The number of rotatable bonds is 6. The second-order valence-electron chi connectivity index (χ2n) is 7.83. The molecule has 1 N–H and O–H groups in total. The van der Waals surface area contributed by atoms with Crippen molar-refractivity contribution in [2.45, 2.75) is 24.3 Å².